The highest BCUT2D eigenvalue weighted by atomic mass is 16.1. The lowest BCUT2D eigenvalue weighted by molar-refractivity contribution is -0.122. The van der Waals surface area contributed by atoms with Gasteiger partial charge in [-0.15, -0.1) is 0 Å². The van der Waals surface area contributed by atoms with Crippen molar-refractivity contribution in [3.63, 3.8) is 0 Å². The highest BCUT2D eigenvalue weighted by Gasteiger charge is 2.10. The van der Waals surface area contributed by atoms with Crippen LogP contribution in [0.25, 0.3) is 0 Å². The van der Waals surface area contributed by atoms with Crippen molar-refractivity contribution in [3.05, 3.63) is 11.6 Å². The second-order valence-electron chi connectivity index (χ2n) is 4.00. The van der Waals surface area contributed by atoms with Crippen molar-refractivity contribution in [2.24, 2.45) is 5.92 Å². The highest BCUT2D eigenvalue weighted by molar-refractivity contribution is 5.80. The predicted octanol–water partition coefficient (Wildman–Crippen LogP) is 2.15. The SMILES string of the molecule is CC(C#N)C(=O)NCCC1=CCCCC1. The summed E-state index contributed by atoms with van der Waals surface area (Å²) >= 11 is 0. The van der Waals surface area contributed by atoms with E-state index < -0.39 is 5.92 Å². The van der Waals surface area contributed by atoms with E-state index in [-0.39, 0.29) is 5.91 Å². The molecule has 0 saturated heterocycles. The van der Waals surface area contributed by atoms with Crippen LogP contribution in [0.1, 0.15) is 39.0 Å². The standard InChI is InChI=1S/C12H18N2O/c1-10(9-13)12(15)14-8-7-11-5-3-2-4-6-11/h5,10H,2-4,6-8H2,1H3,(H,14,15). The number of nitrogens with one attached hydrogen (secondary N) is 1. The Morgan fingerprint density at radius 3 is 3.07 bits per heavy atom. The van der Waals surface area contributed by atoms with Gasteiger partial charge in [0.15, 0.2) is 0 Å². The fraction of sp³-hybridized carbons (Fsp3) is 0.667. The lowest BCUT2D eigenvalue weighted by Gasteiger charge is -2.13. The number of carbonyl (C=O) groups is 1. The molecule has 1 unspecified atom stereocenters. The van der Waals surface area contributed by atoms with Gasteiger partial charge in [0.05, 0.1) is 6.07 Å². The maximum absolute atomic E-state index is 11.3. The van der Waals surface area contributed by atoms with Gasteiger partial charge in [-0.05, 0) is 39.0 Å². The first-order valence-corrected chi connectivity index (χ1v) is 5.59. The summed E-state index contributed by atoms with van der Waals surface area (Å²) in [7, 11) is 0. The summed E-state index contributed by atoms with van der Waals surface area (Å²) in [5, 5.41) is 11.3. The molecule has 0 fully saturated rings. The number of hydrogen-bond donors (Lipinski definition) is 1. The molecule has 0 spiro atoms. The van der Waals surface area contributed by atoms with Crippen molar-refractivity contribution in [2.75, 3.05) is 6.54 Å². The number of nitriles is 1. The van der Waals surface area contributed by atoms with Crippen molar-refractivity contribution in [1.29, 1.82) is 5.26 Å². The van der Waals surface area contributed by atoms with Crippen LogP contribution in [0.4, 0.5) is 0 Å². The van der Waals surface area contributed by atoms with Crippen LogP contribution in [0.3, 0.4) is 0 Å². The summed E-state index contributed by atoms with van der Waals surface area (Å²) in [6.45, 7) is 2.28. The topological polar surface area (TPSA) is 52.9 Å². The van der Waals surface area contributed by atoms with E-state index >= 15 is 0 Å². The Balaban J connectivity index is 2.19. The van der Waals surface area contributed by atoms with E-state index in [0.717, 1.165) is 6.42 Å². The zero-order chi connectivity index (χ0) is 11.1. The normalized spacial score (nSPS) is 17.5. The second kappa shape index (κ2) is 6.23. The van der Waals surface area contributed by atoms with E-state index in [2.05, 4.69) is 11.4 Å². The van der Waals surface area contributed by atoms with Crippen molar-refractivity contribution in [1.82, 2.24) is 5.32 Å². The average molecular weight is 206 g/mol. The molecule has 0 bridgehead atoms. The fourth-order valence-corrected chi connectivity index (χ4v) is 1.69. The molecule has 0 aromatic carbocycles. The van der Waals surface area contributed by atoms with Crippen molar-refractivity contribution in [3.8, 4) is 6.07 Å². The molecule has 0 aromatic heterocycles. The number of amides is 1. The molecule has 0 aliphatic heterocycles. The summed E-state index contributed by atoms with van der Waals surface area (Å²) in [6.07, 6.45) is 8.13. The highest BCUT2D eigenvalue weighted by Crippen LogP contribution is 2.19. The molecule has 3 nitrogen and oxygen atoms in total. The Morgan fingerprint density at radius 1 is 1.67 bits per heavy atom. The van der Waals surface area contributed by atoms with E-state index in [0.29, 0.717) is 6.54 Å². The van der Waals surface area contributed by atoms with Gasteiger partial charge in [-0.25, -0.2) is 0 Å². The van der Waals surface area contributed by atoms with Crippen molar-refractivity contribution in [2.45, 2.75) is 39.0 Å². The molecule has 15 heavy (non-hydrogen) atoms. The Morgan fingerprint density at radius 2 is 2.47 bits per heavy atom. The first kappa shape index (κ1) is 11.8. The number of hydrogen-bond acceptors (Lipinski definition) is 2. The number of carbonyl (C=O) groups excluding carboxylic acids is 1. The van der Waals surface area contributed by atoms with Crippen LogP contribution in [0.2, 0.25) is 0 Å². The van der Waals surface area contributed by atoms with Gasteiger partial charge < -0.3 is 5.32 Å². The molecular weight excluding hydrogens is 188 g/mol. The molecule has 3 heteroatoms. The third kappa shape index (κ3) is 4.16. The molecule has 0 saturated carbocycles. The van der Waals surface area contributed by atoms with Gasteiger partial charge in [-0.1, -0.05) is 11.6 Å². The molecule has 0 heterocycles. The van der Waals surface area contributed by atoms with Crippen molar-refractivity contribution < 1.29 is 4.79 Å². The lowest BCUT2D eigenvalue weighted by Crippen LogP contribution is -2.29. The largest absolute Gasteiger partial charge is 0.355 e. The average Bonchev–Trinajstić information content (AvgIpc) is 2.29. The number of nitrogens with zero attached hydrogens (tertiary/aromatic N) is 1. The Kier molecular flexibility index (Phi) is 4.89. The quantitative estimate of drug-likeness (QED) is 0.716. The molecule has 0 aromatic rings. The number of rotatable bonds is 4. The summed E-state index contributed by atoms with van der Waals surface area (Å²) in [6, 6.07) is 1.93. The molecule has 0 radical (unpaired) electrons. The van der Waals surface area contributed by atoms with Gasteiger partial charge >= 0.3 is 0 Å². The maximum Gasteiger partial charge on any atom is 0.237 e. The molecule has 1 N–H and O–H groups in total. The van der Waals surface area contributed by atoms with Crippen LogP contribution < -0.4 is 5.32 Å². The minimum Gasteiger partial charge on any atom is -0.355 e. The minimum absolute atomic E-state index is 0.158. The molecule has 1 aliphatic carbocycles. The maximum atomic E-state index is 11.3. The van der Waals surface area contributed by atoms with Crippen LogP contribution in [0, 0.1) is 17.2 Å². The van der Waals surface area contributed by atoms with Crippen LogP contribution in [-0.2, 0) is 4.79 Å². The Labute approximate surface area is 91.2 Å². The van der Waals surface area contributed by atoms with Gasteiger partial charge in [0, 0.05) is 6.54 Å². The van der Waals surface area contributed by atoms with Gasteiger partial charge in [-0.3, -0.25) is 4.79 Å². The zero-order valence-electron chi connectivity index (χ0n) is 9.25. The predicted molar refractivity (Wildman–Crippen MR) is 59.0 cm³/mol. The summed E-state index contributed by atoms with van der Waals surface area (Å²) < 4.78 is 0. The lowest BCUT2D eigenvalue weighted by atomic mass is 9.97. The Hall–Kier alpha value is -1.30. The van der Waals surface area contributed by atoms with Crippen LogP contribution in [0.15, 0.2) is 11.6 Å². The second-order valence-corrected chi connectivity index (χ2v) is 4.00. The molecular formula is C12H18N2O. The van der Waals surface area contributed by atoms with E-state index in [1.165, 1.54) is 31.3 Å². The smallest absolute Gasteiger partial charge is 0.237 e. The summed E-state index contributed by atoms with van der Waals surface area (Å²) in [4.78, 5) is 11.3. The Bertz CT molecular complexity index is 288. The monoisotopic (exact) mass is 206 g/mol. The third-order valence-electron chi connectivity index (χ3n) is 2.72. The third-order valence-corrected chi connectivity index (χ3v) is 2.72. The molecule has 1 aliphatic rings. The minimum atomic E-state index is -0.537. The van der Waals surface area contributed by atoms with E-state index in [1.54, 1.807) is 6.92 Å². The van der Waals surface area contributed by atoms with Gasteiger partial charge in [-0.2, -0.15) is 5.26 Å². The van der Waals surface area contributed by atoms with E-state index in [4.69, 9.17) is 5.26 Å². The molecule has 1 rings (SSSR count). The van der Waals surface area contributed by atoms with Crippen LogP contribution >= 0.6 is 0 Å². The summed E-state index contributed by atoms with van der Waals surface area (Å²) in [5.41, 5.74) is 1.45. The summed E-state index contributed by atoms with van der Waals surface area (Å²) in [5.74, 6) is -0.695. The molecule has 82 valence electrons. The van der Waals surface area contributed by atoms with Crippen molar-refractivity contribution >= 4 is 5.91 Å². The van der Waals surface area contributed by atoms with Gasteiger partial charge in [0.1, 0.15) is 5.92 Å². The fourth-order valence-electron chi connectivity index (χ4n) is 1.69. The van der Waals surface area contributed by atoms with Gasteiger partial charge in [0.2, 0.25) is 5.91 Å². The van der Waals surface area contributed by atoms with Gasteiger partial charge in [0.25, 0.3) is 0 Å². The van der Waals surface area contributed by atoms with Crippen LogP contribution in [-0.4, -0.2) is 12.5 Å². The van der Waals surface area contributed by atoms with Crippen LogP contribution in [0.5, 0.6) is 0 Å². The first-order chi connectivity index (χ1) is 7.24. The zero-order valence-corrected chi connectivity index (χ0v) is 9.25. The van der Waals surface area contributed by atoms with E-state index in [1.807, 2.05) is 6.07 Å². The molecule has 1 atom stereocenters. The molecule has 1 amide bonds. The number of allylic oxidation sites excluding steroid dienone is 1. The van der Waals surface area contributed by atoms with E-state index in [9.17, 15) is 4.79 Å². The first-order valence-electron chi connectivity index (χ1n) is 5.59.